The quantitative estimate of drug-likeness (QED) is 0.376. The summed E-state index contributed by atoms with van der Waals surface area (Å²) in [5.41, 5.74) is 1.55. The van der Waals surface area contributed by atoms with Gasteiger partial charge in [0.15, 0.2) is 17.3 Å². The van der Waals surface area contributed by atoms with Crippen LogP contribution >= 0.6 is 0 Å². The number of aromatic nitrogens is 2. The Hall–Kier alpha value is -4.21. The van der Waals surface area contributed by atoms with Crippen molar-refractivity contribution in [1.29, 1.82) is 0 Å². The van der Waals surface area contributed by atoms with Crippen molar-refractivity contribution in [2.45, 2.75) is 20.3 Å². The maximum Gasteiger partial charge on any atom is 0.257 e. The van der Waals surface area contributed by atoms with Gasteiger partial charge in [0.05, 0.1) is 25.5 Å². The number of anilines is 1. The highest BCUT2D eigenvalue weighted by Crippen LogP contribution is 2.31. The van der Waals surface area contributed by atoms with Gasteiger partial charge in [-0.2, -0.15) is 0 Å². The zero-order chi connectivity index (χ0) is 28.6. The van der Waals surface area contributed by atoms with Crippen molar-refractivity contribution in [3.63, 3.8) is 0 Å². The van der Waals surface area contributed by atoms with Crippen LogP contribution in [0.15, 0.2) is 54.6 Å². The van der Waals surface area contributed by atoms with Crippen molar-refractivity contribution in [1.82, 2.24) is 20.0 Å². The predicted molar refractivity (Wildman–Crippen MR) is 151 cm³/mol. The normalized spacial score (nSPS) is 14.0. The number of carbonyl (C=O) groups excluding carboxylic acids is 2. The molecule has 10 heteroatoms. The molecule has 0 radical (unpaired) electrons. The minimum Gasteiger partial charge on any atom is -0.493 e. The Morgan fingerprint density at radius 2 is 1.70 bits per heavy atom. The number of halogens is 1. The van der Waals surface area contributed by atoms with E-state index in [4.69, 9.17) is 9.47 Å². The van der Waals surface area contributed by atoms with Gasteiger partial charge in [-0.1, -0.05) is 32.4 Å². The summed E-state index contributed by atoms with van der Waals surface area (Å²) in [6.45, 7) is 6.50. The Kier molecular flexibility index (Phi) is 9.52. The fraction of sp³-hybridized carbons (Fsp3) is 0.400. The molecule has 0 saturated carbocycles. The lowest BCUT2D eigenvalue weighted by atomic mass is 10.1. The summed E-state index contributed by atoms with van der Waals surface area (Å²) in [4.78, 5) is 31.7. The summed E-state index contributed by atoms with van der Waals surface area (Å²) < 4.78 is 25.0. The van der Waals surface area contributed by atoms with Gasteiger partial charge in [-0.3, -0.25) is 9.59 Å². The Morgan fingerprint density at radius 3 is 2.33 bits per heavy atom. The van der Waals surface area contributed by atoms with E-state index in [1.165, 1.54) is 17.0 Å². The third-order valence-corrected chi connectivity index (χ3v) is 7.23. The average Bonchev–Trinajstić information content (AvgIpc) is 3.00. The molecule has 0 bridgehead atoms. The van der Waals surface area contributed by atoms with Gasteiger partial charge < -0.3 is 24.2 Å². The smallest absolute Gasteiger partial charge is 0.257 e. The highest BCUT2D eigenvalue weighted by atomic mass is 19.1. The van der Waals surface area contributed by atoms with Crippen molar-refractivity contribution in [2.75, 3.05) is 58.4 Å². The monoisotopic (exact) mass is 549 g/mol. The van der Waals surface area contributed by atoms with Gasteiger partial charge in [-0.15, -0.1) is 10.2 Å². The maximum absolute atomic E-state index is 14.3. The molecule has 212 valence electrons. The molecule has 9 nitrogen and oxygen atoms in total. The van der Waals surface area contributed by atoms with E-state index in [9.17, 15) is 14.0 Å². The molecule has 0 unspecified atom stereocenters. The Bertz CT molecular complexity index is 1310. The molecule has 40 heavy (non-hydrogen) atoms. The molecule has 2 amide bonds. The summed E-state index contributed by atoms with van der Waals surface area (Å²) in [6.07, 6.45) is 0.847. The van der Waals surface area contributed by atoms with E-state index in [-0.39, 0.29) is 23.9 Å². The number of rotatable bonds is 10. The van der Waals surface area contributed by atoms with E-state index in [0.717, 1.165) is 17.8 Å². The molecule has 4 rings (SSSR count). The molecule has 1 aliphatic heterocycles. The molecular formula is C30H36FN5O4. The van der Waals surface area contributed by atoms with Crippen LogP contribution in [-0.2, 0) is 4.79 Å². The highest BCUT2D eigenvalue weighted by Gasteiger charge is 2.27. The molecule has 1 aliphatic rings. The topological polar surface area (TPSA) is 88.1 Å². The van der Waals surface area contributed by atoms with E-state index >= 15 is 0 Å². The molecule has 0 N–H and O–H groups in total. The number of nitrogens with zero attached hydrogens (tertiary/aromatic N) is 5. The Morgan fingerprint density at radius 1 is 0.975 bits per heavy atom. The first-order valence-electron chi connectivity index (χ1n) is 13.5. The van der Waals surface area contributed by atoms with E-state index in [1.807, 2.05) is 44.2 Å². The molecule has 0 aliphatic carbocycles. The number of carbonyl (C=O) groups is 2. The molecule has 3 aromatic rings. The zero-order valence-corrected chi connectivity index (χ0v) is 23.5. The number of hydrogen-bond acceptors (Lipinski definition) is 7. The third kappa shape index (κ3) is 6.67. The number of methoxy groups -OCH3 is 2. The fourth-order valence-electron chi connectivity index (χ4n) is 4.62. The summed E-state index contributed by atoms with van der Waals surface area (Å²) in [5, 5.41) is 8.81. The number of benzene rings is 2. The van der Waals surface area contributed by atoms with E-state index in [1.54, 1.807) is 31.3 Å². The van der Waals surface area contributed by atoms with Gasteiger partial charge in [0.1, 0.15) is 12.4 Å². The third-order valence-electron chi connectivity index (χ3n) is 7.23. The van der Waals surface area contributed by atoms with Crippen LogP contribution in [-0.4, -0.2) is 85.3 Å². The highest BCUT2D eigenvalue weighted by molar-refractivity contribution is 5.96. The summed E-state index contributed by atoms with van der Waals surface area (Å²) in [7, 11) is 3.18. The van der Waals surface area contributed by atoms with Gasteiger partial charge in [-0.25, -0.2) is 4.39 Å². The molecule has 2 aromatic carbocycles. The van der Waals surface area contributed by atoms with Crippen LogP contribution in [0.5, 0.6) is 11.5 Å². The Balaban J connectivity index is 1.37. The average molecular weight is 550 g/mol. The molecule has 1 atom stereocenters. The minimum atomic E-state index is -0.582. The van der Waals surface area contributed by atoms with Gasteiger partial charge in [0.2, 0.25) is 5.91 Å². The van der Waals surface area contributed by atoms with Crippen molar-refractivity contribution in [3.05, 3.63) is 66.0 Å². The number of amides is 2. The van der Waals surface area contributed by atoms with Crippen LogP contribution in [0.1, 0.15) is 30.6 Å². The predicted octanol–water partition coefficient (Wildman–Crippen LogP) is 4.14. The zero-order valence-electron chi connectivity index (χ0n) is 23.5. The van der Waals surface area contributed by atoms with Gasteiger partial charge in [-0.05, 0) is 48.4 Å². The minimum absolute atomic E-state index is 0.0153. The molecule has 0 spiro atoms. The maximum atomic E-state index is 14.3. The lowest BCUT2D eigenvalue weighted by Gasteiger charge is -2.36. The fourth-order valence-corrected chi connectivity index (χ4v) is 4.62. The standard InChI is InChI=1S/C30H36FN5O4/c1-5-21(2)19-36(30(38)23-8-6-7-9-24(23)31)20-29(37)35-16-14-34(15-17-35)28-13-11-25(32-33-28)22-10-12-26(39-3)27(18-22)40-4/h6-13,18,21H,5,14-17,19-20H2,1-4H3/t21-/m0/s1. The van der Waals surface area contributed by atoms with E-state index in [2.05, 4.69) is 15.1 Å². The summed E-state index contributed by atoms with van der Waals surface area (Å²) >= 11 is 0. The van der Waals surface area contributed by atoms with Crippen LogP contribution in [0.25, 0.3) is 11.3 Å². The molecule has 2 heterocycles. The van der Waals surface area contributed by atoms with Crippen LogP contribution < -0.4 is 14.4 Å². The second-order valence-electron chi connectivity index (χ2n) is 9.89. The first-order chi connectivity index (χ1) is 19.3. The molecule has 1 aromatic heterocycles. The number of hydrogen-bond donors (Lipinski definition) is 0. The number of ether oxygens (including phenoxy) is 2. The van der Waals surface area contributed by atoms with E-state index < -0.39 is 11.7 Å². The molecule has 1 saturated heterocycles. The first-order valence-corrected chi connectivity index (χ1v) is 13.5. The Labute approximate surface area is 234 Å². The van der Waals surface area contributed by atoms with E-state index in [0.29, 0.717) is 49.9 Å². The van der Waals surface area contributed by atoms with Crippen LogP contribution in [0.3, 0.4) is 0 Å². The SMILES string of the molecule is CC[C@H](C)CN(CC(=O)N1CCN(c2ccc(-c3ccc(OC)c(OC)c3)nn2)CC1)C(=O)c1ccccc1F. The molecule has 1 fully saturated rings. The second kappa shape index (κ2) is 13.2. The summed E-state index contributed by atoms with van der Waals surface area (Å²) in [6, 6.07) is 15.3. The first kappa shape index (κ1) is 28.8. The summed E-state index contributed by atoms with van der Waals surface area (Å²) in [5.74, 6) is 0.969. The lowest BCUT2D eigenvalue weighted by Crippen LogP contribution is -2.52. The number of piperazine rings is 1. The van der Waals surface area contributed by atoms with Crippen molar-refractivity contribution >= 4 is 17.6 Å². The lowest BCUT2D eigenvalue weighted by molar-refractivity contribution is -0.132. The largest absolute Gasteiger partial charge is 0.493 e. The van der Waals surface area contributed by atoms with Crippen molar-refractivity contribution < 1.29 is 23.5 Å². The van der Waals surface area contributed by atoms with Gasteiger partial charge in [0, 0.05) is 38.3 Å². The van der Waals surface area contributed by atoms with Crippen molar-refractivity contribution in [3.8, 4) is 22.8 Å². The van der Waals surface area contributed by atoms with Crippen LogP contribution in [0.4, 0.5) is 10.2 Å². The van der Waals surface area contributed by atoms with Gasteiger partial charge in [0.25, 0.3) is 5.91 Å². The van der Waals surface area contributed by atoms with Crippen LogP contribution in [0.2, 0.25) is 0 Å². The molecular weight excluding hydrogens is 513 g/mol. The van der Waals surface area contributed by atoms with Crippen LogP contribution in [0, 0.1) is 11.7 Å². The second-order valence-corrected chi connectivity index (χ2v) is 9.89. The van der Waals surface area contributed by atoms with Crippen molar-refractivity contribution in [2.24, 2.45) is 5.92 Å². The van der Waals surface area contributed by atoms with Gasteiger partial charge >= 0.3 is 0 Å².